The lowest BCUT2D eigenvalue weighted by Crippen LogP contribution is -1.66. The van der Waals surface area contributed by atoms with Crippen LogP contribution in [0.5, 0.6) is 0 Å². The van der Waals surface area contributed by atoms with E-state index in [2.05, 4.69) is 5.32 Å². The molecule has 1 amide bonds. The molecule has 1 aliphatic heterocycles. The molecule has 1 aliphatic rings. The fourth-order valence-corrected chi connectivity index (χ4v) is 0.946. The van der Waals surface area contributed by atoms with Gasteiger partial charge in [-0.3, -0.25) is 4.79 Å². The van der Waals surface area contributed by atoms with Crippen molar-refractivity contribution in [1.29, 1.82) is 5.26 Å². The fourth-order valence-electron chi connectivity index (χ4n) is 0.364. The number of hydrogen-bond acceptors (Lipinski definition) is 3. The van der Waals surface area contributed by atoms with Crippen LogP contribution in [-0.4, -0.2) is 12.5 Å². The molecule has 3 nitrogen and oxygen atoms in total. The van der Waals surface area contributed by atoms with Gasteiger partial charge in [-0.05, 0) is 11.4 Å². The molecule has 2 rings (SSSR count). The number of carbonyl (C=O) groups is 1. The minimum absolute atomic E-state index is 0.167. The van der Waals surface area contributed by atoms with Crippen LogP contribution in [0.15, 0.2) is 16.8 Å². The van der Waals surface area contributed by atoms with E-state index in [0.717, 1.165) is 5.56 Å². The van der Waals surface area contributed by atoms with Gasteiger partial charge in [0.2, 0.25) is 5.91 Å². The maximum Gasteiger partial charge on any atom is 0.239 e. The van der Waals surface area contributed by atoms with E-state index in [1.165, 1.54) is 0 Å². The quantitative estimate of drug-likeness (QED) is 0.577. The maximum absolute atomic E-state index is 9.44. The first-order chi connectivity index (χ1) is 5.33. The third-order valence-corrected chi connectivity index (χ3v) is 1.65. The number of nitriles is 1. The molecule has 1 saturated heterocycles. The zero-order valence-corrected chi connectivity index (χ0v) is 6.52. The molecule has 0 saturated carbocycles. The molecular formula is C7H6N2OS. The van der Waals surface area contributed by atoms with Gasteiger partial charge in [0.25, 0.3) is 0 Å². The molecule has 11 heavy (non-hydrogen) atoms. The van der Waals surface area contributed by atoms with Gasteiger partial charge in [-0.1, -0.05) is 0 Å². The summed E-state index contributed by atoms with van der Waals surface area (Å²) in [6.07, 6.45) is 0. The zero-order chi connectivity index (χ0) is 8.10. The van der Waals surface area contributed by atoms with Crippen molar-refractivity contribution in [3.63, 3.8) is 0 Å². The molecular weight excluding hydrogens is 160 g/mol. The lowest BCUT2D eigenvalue weighted by Gasteiger charge is -1.62. The average molecular weight is 166 g/mol. The number of nitrogens with one attached hydrogen (secondary N) is 1. The van der Waals surface area contributed by atoms with Gasteiger partial charge < -0.3 is 5.32 Å². The SMILES string of the molecule is N#Cc1ccsc1.O=C1CN1. The Bertz CT molecular complexity index is 267. The predicted molar refractivity (Wildman–Crippen MR) is 42.0 cm³/mol. The minimum atomic E-state index is 0.167. The van der Waals surface area contributed by atoms with E-state index in [1.807, 2.05) is 16.8 Å². The normalized spacial score (nSPS) is 12.1. The Hall–Kier alpha value is -1.34. The molecule has 1 aromatic heterocycles. The Morgan fingerprint density at radius 2 is 2.36 bits per heavy atom. The Labute approximate surface area is 68.3 Å². The average Bonchev–Trinajstić information content (AvgIpc) is 2.66. The zero-order valence-electron chi connectivity index (χ0n) is 5.70. The van der Waals surface area contributed by atoms with Crippen molar-refractivity contribution < 1.29 is 4.79 Å². The lowest BCUT2D eigenvalue weighted by atomic mass is 10.4. The number of amides is 1. The summed E-state index contributed by atoms with van der Waals surface area (Å²) in [5.41, 5.74) is 0.755. The van der Waals surface area contributed by atoms with Crippen LogP contribution in [0.25, 0.3) is 0 Å². The Kier molecular flexibility index (Phi) is 2.64. The number of carbonyl (C=O) groups excluding carboxylic acids is 1. The standard InChI is InChI=1S/C5H3NS.C2H3NO/c6-3-5-1-2-7-4-5;4-2-1-3-2/h1-2,4H;1H2,(H,3,4). The van der Waals surface area contributed by atoms with E-state index in [4.69, 9.17) is 5.26 Å². The summed E-state index contributed by atoms with van der Waals surface area (Å²) in [6, 6.07) is 3.81. The van der Waals surface area contributed by atoms with Crippen molar-refractivity contribution in [2.45, 2.75) is 0 Å². The topological polar surface area (TPSA) is 62.8 Å². The van der Waals surface area contributed by atoms with Crippen molar-refractivity contribution in [3.05, 3.63) is 22.4 Å². The fraction of sp³-hybridized carbons (Fsp3) is 0.143. The summed E-state index contributed by atoms with van der Waals surface area (Å²) in [4.78, 5) is 9.44. The number of nitrogens with zero attached hydrogens (tertiary/aromatic N) is 1. The summed E-state index contributed by atoms with van der Waals surface area (Å²) in [7, 11) is 0. The molecule has 1 fully saturated rings. The highest BCUT2D eigenvalue weighted by atomic mass is 32.1. The van der Waals surface area contributed by atoms with Gasteiger partial charge in [0.1, 0.15) is 0 Å². The van der Waals surface area contributed by atoms with Crippen LogP contribution in [0, 0.1) is 11.3 Å². The van der Waals surface area contributed by atoms with Gasteiger partial charge in [-0.15, -0.1) is 0 Å². The summed E-state index contributed by atoms with van der Waals surface area (Å²) in [6.45, 7) is 0.597. The van der Waals surface area contributed by atoms with Crippen molar-refractivity contribution in [2.24, 2.45) is 0 Å². The Morgan fingerprint density at radius 1 is 1.73 bits per heavy atom. The lowest BCUT2D eigenvalue weighted by molar-refractivity contribution is -0.110. The third kappa shape index (κ3) is 3.38. The summed E-state index contributed by atoms with van der Waals surface area (Å²) < 4.78 is 0. The molecule has 0 spiro atoms. The first-order valence-corrected chi connectivity index (χ1v) is 3.96. The van der Waals surface area contributed by atoms with Crippen LogP contribution >= 0.6 is 11.3 Å². The molecule has 0 atom stereocenters. The molecule has 56 valence electrons. The molecule has 0 unspecified atom stereocenters. The van der Waals surface area contributed by atoms with E-state index in [1.54, 1.807) is 17.4 Å². The van der Waals surface area contributed by atoms with E-state index in [0.29, 0.717) is 6.54 Å². The number of rotatable bonds is 0. The number of thiophene rings is 1. The molecule has 0 radical (unpaired) electrons. The summed E-state index contributed by atoms with van der Waals surface area (Å²) >= 11 is 1.54. The van der Waals surface area contributed by atoms with E-state index in [9.17, 15) is 4.79 Å². The Balaban J connectivity index is 0.000000128. The highest BCUT2D eigenvalue weighted by Gasteiger charge is 2.10. The molecule has 0 aromatic carbocycles. The van der Waals surface area contributed by atoms with Crippen LogP contribution in [0.2, 0.25) is 0 Å². The van der Waals surface area contributed by atoms with Crippen LogP contribution < -0.4 is 5.32 Å². The third-order valence-electron chi connectivity index (χ3n) is 0.971. The van der Waals surface area contributed by atoms with Crippen LogP contribution in [0.3, 0.4) is 0 Å². The highest BCUT2D eigenvalue weighted by molar-refractivity contribution is 7.08. The van der Waals surface area contributed by atoms with Gasteiger partial charge >= 0.3 is 0 Å². The monoisotopic (exact) mass is 166 g/mol. The second-order valence-electron chi connectivity index (χ2n) is 1.90. The minimum Gasteiger partial charge on any atom is -0.346 e. The van der Waals surface area contributed by atoms with Gasteiger partial charge in [0.15, 0.2) is 0 Å². The molecule has 0 bridgehead atoms. The van der Waals surface area contributed by atoms with Gasteiger partial charge in [0.05, 0.1) is 18.2 Å². The van der Waals surface area contributed by atoms with Crippen LogP contribution in [0.4, 0.5) is 0 Å². The van der Waals surface area contributed by atoms with Crippen molar-refractivity contribution in [3.8, 4) is 6.07 Å². The highest BCUT2D eigenvalue weighted by Crippen LogP contribution is 2.02. The summed E-state index contributed by atoms with van der Waals surface area (Å²) in [5, 5.41) is 14.3. The molecule has 4 heteroatoms. The Morgan fingerprint density at radius 3 is 2.55 bits per heavy atom. The largest absolute Gasteiger partial charge is 0.346 e. The van der Waals surface area contributed by atoms with Crippen molar-refractivity contribution in [2.75, 3.05) is 6.54 Å². The van der Waals surface area contributed by atoms with E-state index < -0.39 is 0 Å². The second kappa shape index (κ2) is 3.74. The van der Waals surface area contributed by atoms with Crippen LogP contribution in [-0.2, 0) is 4.79 Å². The van der Waals surface area contributed by atoms with Gasteiger partial charge in [-0.25, -0.2) is 0 Å². The first kappa shape index (κ1) is 7.76. The van der Waals surface area contributed by atoms with Crippen LogP contribution in [0.1, 0.15) is 5.56 Å². The van der Waals surface area contributed by atoms with Gasteiger partial charge in [-0.2, -0.15) is 16.6 Å². The smallest absolute Gasteiger partial charge is 0.239 e. The molecule has 0 aliphatic carbocycles. The van der Waals surface area contributed by atoms with E-state index in [-0.39, 0.29) is 5.91 Å². The molecule has 2 heterocycles. The van der Waals surface area contributed by atoms with Gasteiger partial charge in [0, 0.05) is 5.38 Å². The van der Waals surface area contributed by atoms with E-state index >= 15 is 0 Å². The molecule has 1 N–H and O–H groups in total. The summed E-state index contributed by atoms with van der Waals surface area (Å²) in [5.74, 6) is 0.167. The van der Waals surface area contributed by atoms with Crippen molar-refractivity contribution >= 4 is 17.2 Å². The first-order valence-electron chi connectivity index (χ1n) is 3.02. The maximum atomic E-state index is 9.44. The second-order valence-corrected chi connectivity index (χ2v) is 2.68. The molecule has 1 aromatic rings. The predicted octanol–water partition coefficient (Wildman–Crippen LogP) is 0.736. The number of hydrogen-bond donors (Lipinski definition) is 1. The van der Waals surface area contributed by atoms with Crippen molar-refractivity contribution in [1.82, 2.24) is 5.32 Å².